The zero-order valence-corrected chi connectivity index (χ0v) is 13.1. The van der Waals surface area contributed by atoms with E-state index in [9.17, 15) is 0 Å². The molecule has 0 bridgehead atoms. The van der Waals surface area contributed by atoms with Gasteiger partial charge in [-0.1, -0.05) is 25.5 Å². The van der Waals surface area contributed by atoms with Crippen LogP contribution in [0.1, 0.15) is 25.3 Å². The monoisotopic (exact) mass is 281 g/mol. The van der Waals surface area contributed by atoms with Gasteiger partial charge in [0.05, 0.1) is 11.4 Å². The van der Waals surface area contributed by atoms with Crippen LogP contribution in [-0.2, 0) is 6.42 Å². The first kappa shape index (κ1) is 15.2. The van der Waals surface area contributed by atoms with E-state index in [1.54, 1.807) is 0 Å². The van der Waals surface area contributed by atoms with Crippen LogP contribution < -0.4 is 4.90 Å². The minimum atomic E-state index is 0.871. The zero-order valence-electron chi connectivity index (χ0n) is 13.1. The van der Waals surface area contributed by atoms with Gasteiger partial charge in [0.25, 0.3) is 0 Å². The largest absolute Gasteiger partial charge is 0.378 e. The average Bonchev–Trinajstić information content (AvgIpc) is 2.52. The van der Waals surface area contributed by atoms with Crippen molar-refractivity contribution < 1.29 is 0 Å². The van der Waals surface area contributed by atoms with Crippen LogP contribution in [-0.4, -0.2) is 14.1 Å². The number of benzene rings is 2. The predicted molar refractivity (Wildman–Crippen MR) is 90.0 cm³/mol. The van der Waals surface area contributed by atoms with E-state index >= 15 is 0 Å². The van der Waals surface area contributed by atoms with E-state index in [-0.39, 0.29) is 0 Å². The Hall–Kier alpha value is -2.16. The van der Waals surface area contributed by atoms with E-state index in [0.717, 1.165) is 23.5 Å². The number of rotatable bonds is 6. The third-order valence-corrected chi connectivity index (χ3v) is 3.40. The maximum atomic E-state index is 4.28. The summed E-state index contributed by atoms with van der Waals surface area (Å²) in [6.45, 7) is 2.21. The highest BCUT2D eigenvalue weighted by Gasteiger charge is 1.96. The minimum Gasteiger partial charge on any atom is -0.378 e. The molecule has 0 radical (unpaired) electrons. The first-order chi connectivity index (χ1) is 10.2. The fourth-order valence-electron chi connectivity index (χ4n) is 2.04. The number of aryl methyl sites for hydroxylation is 1. The molecule has 21 heavy (non-hydrogen) atoms. The van der Waals surface area contributed by atoms with Crippen LogP contribution in [0.4, 0.5) is 17.1 Å². The van der Waals surface area contributed by atoms with Crippen molar-refractivity contribution in [2.75, 3.05) is 19.0 Å². The van der Waals surface area contributed by atoms with Crippen LogP contribution >= 0.6 is 0 Å². The van der Waals surface area contributed by atoms with E-state index in [1.165, 1.54) is 18.4 Å². The van der Waals surface area contributed by atoms with Crippen LogP contribution in [0.3, 0.4) is 0 Å². The van der Waals surface area contributed by atoms with E-state index in [4.69, 9.17) is 0 Å². The van der Waals surface area contributed by atoms with Gasteiger partial charge < -0.3 is 4.90 Å². The molecule has 3 nitrogen and oxygen atoms in total. The molecule has 0 N–H and O–H groups in total. The summed E-state index contributed by atoms with van der Waals surface area (Å²) in [6.07, 6.45) is 3.60. The molecule has 0 saturated carbocycles. The predicted octanol–water partition coefficient (Wildman–Crippen LogP) is 5.51. The summed E-state index contributed by atoms with van der Waals surface area (Å²) in [6, 6.07) is 16.4. The van der Waals surface area contributed by atoms with Gasteiger partial charge in [0.1, 0.15) is 0 Å². The topological polar surface area (TPSA) is 28.0 Å². The summed E-state index contributed by atoms with van der Waals surface area (Å²) in [5.74, 6) is 0. The Labute approximate surface area is 127 Å². The summed E-state index contributed by atoms with van der Waals surface area (Å²) < 4.78 is 0. The van der Waals surface area contributed by atoms with Gasteiger partial charge in [-0.2, -0.15) is 10.2 Å². The van der Waals surface area contributed by atoms with Gasteiger partial charge in [0, 0.05) is 19.8 Å². The molecular weight excluding hydrogens is 258 g/mol. The quantitative estimate of drug-likeness (QED) is 0.641. The van der Waals surface area contributed by atoms with Gasteiger partial charge in [-0.25, -0.2) is 0 Å². The van der Waals surface area contributed by atoms with Crippen molar-refractivity contribution in [2.45, 2.75) is 26.2 Å². The van der Waals surface area contributed by atoms with E-state index < -0.39 is 0 Å². The molecule has 0 saturated heterocycles. The number of hydrogen-bond acceptors (Lipinski definition) is 3. The molecular formula is C18H23N3. The van der Waals surface area contributed by atoms with Crippen molar-refractivity contribution in [1.82, 2.24) is 0 Å². The number of unbranched alkanes of at least 4 members (excludes halogenated alkanes) is 1. The second-order valence-corrected chi connectivity index (χ2v) is 5.38. The van der Waals surface area contributed by atoms with E-state index in [2.05, 4.69) is 34.2 Å². The highest BCUT2D eigenvalue weighted by atomic mass is 15.1. The Balaban J connectivity index is 2.00. The Morgan fingerprint density at radius 2 is 1.33 bits per heavy atom. The summed E-state index contributed by atoms with van der Waals surface area (Å²) in [7, 11) is 4.05. The molecule has 110 valence electrons. The third-order valence-electron chi connectivity index (χ3n) is 3.40. The van der Waals surface area contributed by atoms with Gasteiger partial charge in [-0.15, -0.1) is 0 Å². The minimum absolute atomic E-state index is 0.871. The molecule has 0 amide bonds. The Kier molecular flexibility index (Phi) is 5.50. The van der Waals surface area contributed by atoms with Crippen LogP contribution in [0.5, 0.6) is 0 Å². The smallest absolute Gasteiger partial charge is 0.0858 e. The standard InChI is InChI=1S/C18H23N3/c1-4-5-6-15-7-9-16(10-8-15)19-20-17-11-13-18(14-12-17)21(2)3/h7-14H,4-6H2,1-3H3. The maximum absolute atomic E-state index is 4.28. The molecule has 2 rings (SSSR count). The number of nitrogens with zero attached hydrogens (tertiary/aromatic N) is 3. The number of anilines is 1. The lowest BCUT2D eigenvalue weighted by molar-refractivity contribution is 0.795. The van der Waals surface area contributed by atoms with Crippen molar-refractivity contribution in [3.05, 3.63) is 54.1 Å². The van der Waals surface area contributed by atoms with Crippen molar-refractivity contribution in [2.24, 2.45) is 10.2 Å². The van der Waals surface area contributed by atoms with Crippen LogP contribution in [0.25, 0.3) is 0 Å². The second-order valence-electron chi connectivity index (χ2n) is 5.38. The highest BCUT2D eigenvalue weighted by molar-refractivity contribution is 5.52. The molecule has 2 aromatic carbocycles. The van der Waals surface area contributed by atoms with Crippen molar-refractivity contribution in [1.29, 1.82) is 0 Å². The first-order valence-electron chi connectivity index (χ1n) is 7.47. The first-order valence-corrected chi connectivity index (χ1v) is 7.47. The van der Waals surface area contributed by atoms with Gasteiger partial charge in [0.15, 0.2) is 0 Å². The molecule has 0 aliphatic heterocycles. The highest BCUT2D eigenvalue weighted by Crippen LogP contribution is 2.21. The Bertz CT molecular complexity index is 568. The van der Waals surface area contributed by atoms with E-state index in [0.29, 0.717) is 0 Å². The summed E-state index contributed by atoms with van der Waals surface area (Å²) in [4.78, 5) is 2.07. The molecule has 2 aromatic rings. The zero-order chi connectivity index (χ0) is 15.1. The van der Waals surface area contributed by atoms with E-state index in [1.807, 2.05) is 50.5 Å². The number of azo groups is 1. The van der Waals surface area contributed by atoms with Crippen molar-refractivity contribution in [3.8, 4) is 0 Å². The summed E-state index contributed by atoms with van der Waals surface area (Å²) in [5, 5.41) is 8.56. The third kappa shape index (κ3) is 4.71. The van der Waals surface area contributed by atoms with Crippen LogP contribution in [0.2, 0.25) is 0 Å². The van der Waals surface area contributed by atoms with Gasteiger partial charge in [-0.05, 0) is 54.8 Å². The fourth-order valence-corrected chi connectivity index (χ4v) is 2.04. The van der Waals surface area contributed by atoms with Gasteiger partial charge in [0.2, 0.25) is 0 Å². The molecule has 0 aliphatic rings. The van der Waals surface area contributed by atoms with Crippen LogP contribution in [0.15, 0.2) is 58.8 Å². The van der Waals surface area contributed by atoms with Crippen molar-refractivity contribution >= 4 is 17.1 Å². The lowest BCUT2D eigenvalue weighted by atomic mass is 10.1. The lowest BCUT2D eigenvalue weighted by Gasteiger charge is -2.11. The summed E-state index contributed by atoms with van der Waals surface area (Å²) in [5.41, 5.74) is 4.29. The molecule has 0 atom stereocenters. The molecule has 0 aliphatic carbocycles. The molecule has 0 aromatic heterocycles. The molecule has 3 heteroatoms. The SMILES string of the molecule is CCCCc1ccc(N=Nc2ccc(N(C)C)cc2)cc1. The Morgan fingerprint density at radius 3 is 1.81 bits per heavy atom. The van der Waals surface area contributed by atoms with Crippen molar-refractivity contribution in [3.63, 3.8) is 0 Å². The normalized spacial score (nSPS) is 11.0. The average molecular weight is 281 g/mol. The fraction of sp³-hybridized carbons (Fsp3) is 0.333. The maximum Gasteiger partial charge on any atom is 0.0858 e. The van der Waals surface area contributed by atoms with Crippen LogP contribution in [0, 0.1) is 0 Å². The second kappa shape index (κ2) is 7.58. The molecule has 0 spiro atoms. The molecule has 0 unspecified atom stereocenters. The Morgan fingerprint density at radius 1 is 0.810 bits per heavy atom. The molecule has 0 fully saturated rings. The van der Waals surface area contributed by atoms with Gasteiger partial charge in [-0.3, -0.25) is 0 Å². The molecule has 0 heterocycles. The lowest BCUT2D eigenvalue weighted by Crippen LogP contribution is -2.07. The number of hydrogen-bond donors (Lipinski definition) is 0. The summed E-state index contributed by atoms with van der Waals surface area (Å²) >= 11 is 0. The van der Waals surface area contributed by atoms with Gasteiger partial charge >= 0.3 is 0 Å².